The van der Waals surface area contributed by atoms with E-state index < -0.39 is 5.97 Å². The minimum absolute atomic E-state index is 0.133. The molecule has 0 aliphatic rings. The maximum absolute atomic E-state index is 11.7. The standard InChI is InChI=1S/C24H20ClN3O2/c1-15-7-9-17(10-8-15)20-14-23(28(27-20)22-6-4-3-5-16(22)2)26-21-13-18(25)11-12-19(21)24(29)30/h3-14,26H,1-2H3,(H,29,30). The summed E-state index contributed by atoms with van der Waals surface area (Å²) in [5.74, 6) is -0.389. The average Bonchev–Trinajstić information content (AvgIpc) is 3.12. The molecule has 0 unspecified atom stereocenters. The van der Waals surface area contributed by atoms with Crippen molar-refractivity contribution in [3.63, 3.8) is 0 Å². The second-order valence-corrected chi connectivity index (χ2v) is 7.54. The molecule has 4 aromatic rings. The number of nitrogens with one attached hydrogen (secondary N) is 1. The fourth-order valence-corrected chi connectivity index (χ4v) is 3.44. The molecule has 4 rings (SSSR count). The number of aromatic carboxylic acids is 1. The number of carbonyl (C=O) groups is 1. The predicted molar refractivity (Wildman–Crippen MR) is 120 cm³/mol. The largest absolute Gasteiger partial charge is 0.478 e. The van der Waals surface area contributed by atoms with Crippen LogP contribution in [0.1, 0.15) is 21.5 Å². The lowest BCUT2D eigenvalue weighted by molar-refractivity contribution is 0.0698. The Labute approximate surface area is 179 Å². The number of carboxylic acid groups (broad SMARTS) is 1. The SMILES string of the molecule is Cc1ccc(-c2cc(Nc3cc(Cl)ccc3C(=O)O)n(-c3ccccc3C)n2)cc1. The third-order valence-corrected chi connectivity index (χ3v) is 5.11. The summed E-state index contributed by atoms with van der Waals surface area (Å²) >= 11 is 6.13. The highest BCUT2D eigenvalue weighted by molar-refractivity contribution is 6.31. The van der Waals surface area contributed by atoms with Gasteiger partial charge in [-0.2, -0.15) is 5.10 Å². The van der Waals surface area contributed by atoms with E-state index in [0.717, 1.165) is 22.5 Å². The molecule has 1 aromatic heterocycles. The van der Waals surface area contributed by atoms with E-state index in [-0.39, 0.29) is 5.56 Å². The third-order valence-electron chi connectivity index (χ3n) is 4.88. The molecule has 0 saturated heterocycles. The number of para-hydroxylation sites is 1. The molecule has 0 saturated carbocycles. The van der Waals surface area contributed by atoms with Crippen LogP contribution < -0.4 is 5.32 Å². The van der Waals surface area contributed by atoms with Gasteiger partial charge in [-0.05, 0) is 43.7 Å². The van der Waals surface area contributed by atoms with Gasteiger partial charge in [-0.15, -0.1) is 0 Å². The first-order valence-corrected chi connectivity index (χ1v) is 9.83. The van der Waals surface area contributed by atoms with Crippen LogP contribution in [0.15, 0.2) is 72.8 Å². The van der Waals surface area contributed by atoms with Crippen molar-refractivity contribution in [1.82, 2.24) is 9.78 Å². The van der Waals surface area contributed by atoms with Crippen molar-refractivity contribution < 1.29 is 9.90 Å². The third kappa shape index (κ3) is 3.93. The molecule has 0 aliphatic carbocycles. The van der Waals surface area contributed by atoms with Gasteiger partial charge in [0.25, 0.3) is 0 Å². The van der Waals surface area contributed by atoms with Crippen molar-refractivity contribution in [2.24, 2.45) is 0 Å². The Morgan fingerprint density at radius 1 is 1.00 bits per heavy atom. The first-order valence-electron chi connectivity index (χ1n) is 9.45. The molecule has 6 heteroatoms. The van der Waals surface area contributed by atoms with Gasteiger partial charge in [0.15, 0.2) is 0 Å². The molecule has 30 heavy (non-hydrogen) atoms. The Morgan fingerprint density at radius 2 is 1.73 bits per heavy atom. The van der Waals surface area contributed by atoms with Gasteiger partial charge in [-0.3, -0.25) is 0 Å². The number of benzene rings is 3. The highest BCUT2D eigenvalue weighted by atomic mass is 35.5. The number of aromatic nitrogens is 2. The van der Waals surface area contributed by atoms with Gasteiger partial charge in [0.2, 0.25) is 0 Å². The number of anilines is 2. The van der Waals surface area contributed by atoms with Crippen LogP contribution in [0, 0.1) is 13.8 Å². The first-order chi connectivity index (χ1) is 14.4. The fourth-order valence-electron chi connectivity index (χ4n) is 3.26. The molecule has 0 spiro atoms. The maximum Gasteiger partial charge on any atom is 0.337 e. The molecule has 1 heterocycles. The van der Waals surface area contributed by atoms with E-state index in [2.05, 4.69) is 5.32 Å². The Balaban J connectivity index is 1.86. The van der Waals surface area contributed by atoms with E-state index in [1.54, 1.807) is 16.8 Å². The monoisotopic (exact) mass is 417 g/mol. The quantitative estimate of drug-likeness (QED) is 0.402. The lowest BCUT2D eigenvalue weighted by Crippen LogP contribution is -2.07. The Hall–Kier alpha value is -3.57. The molecule has 3 aromatic carbocycles. The van der Waals surface area contributed by atoms with E-state index in [0.29, 0.717) is 16.5 Å². The first kappa shape index (κ1) is 19.7. The minimum atomic E-state index is -1.03. The molecule has 5 nitrogen and oxygen atoms in total. The smallest absolute Gasteiger partial charge is 0.337 e. The Morgan fingerprint density at radius 3 is 2.43 bits per heavy atom. The molecule has 0 radical (unpaired) electrons. The van der Waals surface area contributed by atoms with Gasteiger partial charge in [-0.25, -0.2) is 9.48 Å². The van der Waals surface area contributed by atoms with E-state index >= 15 is 0 Å². The minimum Gasteiger partial charge on any atom is -0.478 e. The summed E-state index contributed by atoms with van der Waals surface area (Å²) in [6.07, 6.45) is 0. The fraction of sp³-hybridized carbons (Fsp3) is 0.0833. The number of hydrogen-bond acceptors (Lipinski definition) is 3. The molecular weight excluding hydrogens is 398 g/mol. The molecule has 0 aliphatic heterocycles. The summed E-state index contributed by atoms with van der Waals surface area (Å²) in [5, 5.41) is 18.0. The second kappa shape index (κ2) is 8.05. The molecule has 0 bridgehead atoms. The van der Waals surface area contributed by atoms with Gasteiger partial charge in [0.05, 0.1) is 22.6 Å². The highest BCUT2D eigenvalue weighted by Crippen LogP contribution is 2.31. The lowest BCUT2D eigenvalue weighted by atomic mass is 10.1. The van der Waals surface area contributed by atoms with Gasteiger partial charge >= 0.3 is 5.97 Å². The number of aryl methyl sites for hydroxylation is 2. The van der Waals surface area contributed by atoms with Crippen molar-refractivity contribution in [3.8, 4) is 16.9 Å². The predicted octanol–water partition coefficient (Wildman–Crippen LogP) is 6.25. The van der Waals surface area contributed by atoms with Crippen molar-refractivity contribution >= 4 is 29.1 Å². The normalized spacial score (nSPS) is 10.8. The van der Waals surface area contributed by atoms with Gasteiger partial charge in [-0.1, -0.05) is 59.6 Å². The molecule has 0 atom stereocenters. The number of rotatable bonds is 5. The molecule has 2 N–H and O–H groups in total. The van der Waals surface area contributed by atoms with Crippen LogP contribution in [-0.2, 0) is 0 Å². The average molecular weight is 418 g/mol. The van der Waals surface area contributed by atoms with Crippen LogP contribution in [0.2, 0.25) is 5.02 Å². The lowest BCUT2D eigenvalue weighted by Gasteiger charge is -2.13. The molecular formula is C24H20ClN3O2. The zero-order valence-corrected chi connectivity index (χ0v) is 17.3. The van der Waals surface area contributed by atoms with E-state index in [9.17, 15) is 9.90 Å². The van der Waals surface area contributed by atoms with Gasteiger partial charge in [0, 0.05) is 16.7 Å². The van der Waals surface area contributed by atoms with Crippen molar-refractivity contribution in [3.05, 3.63) is 94.5 Å². The van der Waals surface area contributed by atoms with Crippen LogP contribution in [0.25, 0.3) is 16.9 Å². The van der Waals surface area contributed by atoms with Gasteiger partial charge < -0.3 is 10.4 Å². The van der Waals surface area contributed by atoms with Crippen LogP contribution in [0.4, 0.5) is 11.5 Å². The number of halogens is 1. The summed E-state index contributed by atoms with van der Waals surface area (Å²) in [7, 11) is 0. The van der Waals surface area contributed by atoms with Crippen LogP contribution in [0.5, 0.6) is 0 Å². The number of carboxylic acids is 1. The molecule has 0 amide bonds. The van der Waals surface area contributed by atoms with Crippen LogP contribution in [-0.4, -0.2) is 20.9 Å². The second-order valence-electron chi connectivity index (χ2n) is 7.10. The van der Waals surface area contributed by atoms with E-state index in [1.165, 1.54) is 11.6 Å². The number of hydrogen-bond donors (Lipinski definition) is 2. The van der Waals surface area contributed by atoms with Gasteiger partial charge in [0.1, 0.15) is 5.82 Å². The summed E-state index contributed by atoms with van der Waals surface area (Å²) < 4.78 is 1.79. The summed E-state index contributed by atoms with van der Waals surface area (Å²) in [5.41, 5.74) is 5.40. The van der Waals surface area contributed by atoms with E-state index in [4.69, 9.17) is 16.7 Å². The van der Waals surface area contributed by atoms with Crippen molar-refractivity contribution in [2.75, 3.05) is 5.32 Å². The van der Waals surface area contributed by atoms with Crippen molar-refractivity contribution in [1.29, 1.82) is 0 Å². The molecule has 0 fully saturated rings. The van der Waals surface area contributed by atoms with Crippen molar-refractivity contribution in [2.45, 2.75) is 13.8 Å². The number of nitrogens with zero attached hydrogens (tertiary/aromatic N) is 2. The zero-order valence-electron chi connectivity index (χ0n) is 16.6. The summed E-state index contributed by atoms with van der Waals surface area (Å²) in [6, 6.07) is 22.6. The topological polar surface area (TPSA) is 67.2 Å². The summed E-state index contributed by atoms with van der Waals surface area (Å²) in [6.45, 7) is 4.05. The van der Waals surface area contributed by atoms with Crippen LogP contribution in [0.3, 0.4) is 0 Å². The molecule has 150 valence electrons. The van der Waals surface area contributed by atoms with E-state index in [1.807, 2.05) is 68.4 Å². The summed E-state index contributed by atoms with van der Waals surface area (Å²) in [4.78, 5) is 11.7. The maximum atomic E-state index is 11.7. The zero-order chi connectivity index (χ0) is 21.3. The Kier molecular flexibility index (Phi) is 5.29. The van der Waals surface area contributed by atoms with Crippen LogP contribution >= 0.6 is 11.6 Å². The Bertz CT molecular complexity index is 1230. The highest BCUT2D eigenvalue weighted by Gasteiger charge is 2.16.